The number of rotatable bonds is 11. The smallest absolute Gasteiger partial charge is 0.378 e. The van der Waals surface area contributed by atoms with Crippen LogP contribution in [0.5, 0.6) is 0 Å². The van der Waals surface area contributed by atoms with Gasteiger partial charge in [-0.2, -0.15) is 31.4 Å². The molecule has 0 atom stereocenters. The van der Waals surface area contributed by atoms with Gasteiger partial charge in [-0.25, -0.2) is 15.0 Å². The van der Waals surface area contributed by atoms with Crippen molar-refractivity contribution >= 4 is 28.5 Å². The minimum absolute atomic E-state index is 0.0902. The molecule has 0 radical (unpaired) electrons. The number of anilines is 3. The minimum Gasteiger partial charge on any atom is -0.378 e. The van der Waals surface area contributed by atoms with Gasteiger partial charge in [0.15, 0.2) is 5.65 Å². The Labute approximate surface area is 279 Å². The molecule has 15 heteroatoms. The van der Waals surface area contributed by atoms with Crippen LogP contribution < -0.4 is 14.7 Å². The second-order valence-corrected chi connectivity index (χ2v) is 13.5. The van der Waals surface area contributed by atoms with Crippen LogP contribution in [0.2, 0.25) is 0 Å². The Hall–Kier alpha value is -4.14. The van der Waals surface area contributed by atoms with Crippen molar-refractivity contribution in [3.05, 3.63) is 64.6 Å². The molecule has 3 aromatic heterocycles. The van der Waals surface area contributed by atoms with E-state index in [-0.39, 0.29) is 30.7 Å². The number of hydrogen-bond donors (Lipinski definition) is 0. The Bertz CT molecular complexity index is 1750. The van der Waals surface area contributed by atoms with E-state index in [4.69, 9.17) is 9.72 Å². The van der Waals surface area contributed by atoms with Crippen LogP contribution in [-0.2, 0) is 37.2 Å². The Kier molecular flexibility index (Phi) is 8.82. The van der Waals surface area contributed by atoms with Gasteiger partial charge in [-0.05, 0) is 74.3 Å². The number of ether oxygens (including phenoxy) is 1. The van der Waals surface area contributed by atoms with Crippen LogP contribution in [0.25, 0.3) is 11.0 Å². The second-order valence-electron chi connectivity index (χ2n) is 13.5. The van der Waals surface area contributed by atoms with Crippen molar-refractivity contribution in [2.75, 3.05) is 54.1 Å². The first kappa shape index (κ1) is 33.4. The number of aromatic nitrogens is 5. The molecule has 2 aliphatic carbocycles. The lowest BCUT2D eigenvalue weighted by Crippen LogP contribution is -2.36. The molecule has 1 aliphatic heterocycles. The molecule has 262 valence electrons. The van der Waals surface area contributed by atoms with Crippen molar-refractivity contribution in [2.24, 2.45) is 18.9 Å². The summed E-state index contributed by atoms with van der Waals surface area (Å²) in [4.78, 5) is 20.3. The average molecular weight is 689 g/mol. The van der Waals surface area contributed by atoms with Gasteiger partial charge in [0.05, 0.1) is 48.1 Å². The predicted molar refractivity (Wildman–Crippen MR) is 172 cm³/mol. The number of halogens is 6. The fraction of sp³-hybridized carbons (Fsp3) is 0.529. The van der Waals surface area contributed by atoms with Gasteiger partial charge in [0.25, 0.3) is 0 Å². The number of hydrogen-bond acceptors (Lipinski definition) is 8. The number of aryl methyl sites for hydroxylation is 2. The molecule has 0 N–H and O–H groups in total. The Morgan fingerprint density at radius 2 is 1.41 bits per heavy atom. The van der Waals surface area contributed by atoms with Crippen LogP contribution in [-0.4, -0.2) is 64.1 Å². The first-order valence-corrected chi connectivity index (χ1v) is 16.6. The van der Waals surface area contributed by atoms with E-state index in [1.807, 2.05) is 20.0 Å². The van der Waals surface area contributed by atoms with E-state index < -0.39 is 23.5 Å². The molecule has 0 spiro atoms. The zero-order valence-electron chi connectivity index (χ0n) is 27.4. The van der Waals surface area contributed by atoms with Crippen molar-refractivity contribution in [3.8, 4) is 0 Å². The quantitative estimate of drug-likeness (QED) is 0.160. The summed E-state index contributed by atoms with van der Waals surface area (Å²) in [6, 6.07) is 3.68. The highest BCUT2D eigenvalue weighted by molar-refractivity contribution is 5.82. The lowest BCUT2D eigenvalue weighted by Gasteiger charge is -2.30. The fourth-order valence-electron chi connectivity index (χ4n) is 6.43. The maximum atomic E-state index is 13.9. The molecule has 1 aromatic carbocycles. The Balaban J connectivity index is 1.31. The van der Waals surface area contributed by atoms with Crippen molar-refractivity contribution in [3.63, 3.8) is 0 Å². The standard InChI is InChI=1S/C34H38F6N8O/c1-21-29-13-25(30(43-31(29)45(2)44-21)47(17-22-3-4-22)18-23-5-6-23)20-48(32-41-15-28(16-42-32)46-7-9-49-10-8-46)19-24-11-26(33(35,36)37)14-27(12-24)34(38,39)40/h11-16,22-23H,3-10,17-20H2,1-2H3. The Morgan fingerprint density at radius 3 is 1.96 bits per heavy atom. The van der Waals surface area contributed by atoms with E-state index in [1.165, 1.54) is 0 Å². The summed E-state index contributed by atoms with van der Waals surface area (Å²) in [6.45, 7) is 5.71. The molecular weight excluding hydrogens is 650 g/mol. The van der Waals surface area contributed by atoms with Crippen molar-refractivity contribution in [2.45, 2.75) is 58.0 Å². The second kappa shape index (κ2) is 13.0. The van der Waals surface area contributed by atoms with Crippen LogP contribution >= 0.6 is 0 Å². The highest BCUT2D eigenvalue weighted by Crippen LogP contribution is 2.39. The van der Waals surface area contributed by atoms with Gasteiger partial charge in [-0.3, -0.25) is 4.68 Å². The van der Waals surface area contributed by atoms with Gasteiger partial charge < -0.3 is 19.4 Å². The highest BCUT2D eigenvalue weighted by atomic mass is 19.4. The summed E-state index contributed by atoms with van der Waals surface area (Å²) < 4.78 is 90.4. The number of nitrogens with zero attached hydrogens (tertiary/aromatic N) is 8. The molecule has 0 bridgehead atoms. The largest absolute Gasteiger partial charge is 0.416 e. The van der Waals surface area contributed by atoms with E-state index in [2.05, 4.69) is 24.9 Å². The summed E-state index contributed by atoms with van der Waals surface area (Å²) in [5.41, 5.74) is 0.0987. The number of pyridine rings is 1. The molecule has 4 aromatic rings. The SMILES string of the molecule is Cc1nn(C)c2nc(N(CC3CC3)CC3CC3)c(CN(Cc3cc(C(F)(F)F)cc(C(F)(F)F)c3)c3ncc(N4CCOCC4)cn3)cc12. The number of fused-ring (bicyclic) bond motifs is 1. The molecule has 4 heterocycles. The molecule has 3 aliphatic rings. The van der Waals surface area contributed by atoms with Gasteiger partial charge >= 0.3 is 12.4 Å². The number of benzene rings is 1. The summed E-state index contributed by atoms with van der Waals surface area (Å²) in [7, 11) is 1.83. The summed E-state index contributed by atoms with van der Waals surface area (Å²) in [5, 5.41) is 5.39. The first-order valence-electron chi connectivity index (χ1n) is 16.6. The van der Waals surface area contributed by atoms with E-state index in [1.54, 1.807) is 22.0 Å². The van der Waals surface area contributed by atoms with E-state index in [9.17, 15) is 26.3 Å². The van der Waals surface area contributed by atoms with Crippen molar-refractivity contribution in [1.82, 2.24) is 24.7 Å². The van der Waals surface area contributed by atoms with Crippen LogP contribution in [0.1, 0.15) is 53.6 Å². The maximum Gasteiger partial charge on any atom is 0.416 e. The Morgan fingerprint density at radius 1 is 0.816 bits per heavy atom. The molecule has 49 heavy (non-hydrogen) atoms. The fourth-order valence-corrected chi connectivity index (χ4v) is 6.43. The lowest BCUT2D eigenvalue weighted by atomic mass is 10.0. The molecular formula is C34H38F6N8O. The topological polar surface area (TPSA) is 75.4 Å². The zero-order chi connectivity index (χ0) is 34.5. The van der Waals surface area contributed by atoms with Crippen molar-refractivity contribution < 1.29 is 31.1 Å². The van der Waals surface area contributed by atoms with Crippen LogP contribution in [0.3, 0.4) is 0 Å². The maximum absolute atomic E-state index is 13.9. The lowest BCUT2D eigenvalue weighted by molar-refractivity contribution is -0.143. The summed E-state index contributed by atoms with van der Waals surface area (Å²) >= 11 is 0. The third kappa shape index (κ3) is 7.71. The number of alkyl halides is 6. The molecule has 0 unspecified atom stereocenters. The van der Waals surface area contributed by atoms with Gasteiger partial charge in [-0.1, -0.05) is 0 Å². The van der Waals surface area contributed by atoms with Gasteiger partial charge in [0.2, 0.25) is 5.95 Å². The number of morpholine rings is 1. The van der Waals surface area contributed by atoms with E-state index in [0.717, 1.165) is 79.1 Å². The van der Waals surface area contributed by atoms with E-state index >= 15 is 0 Å². The predicted octanol–water partition coefficient (Wildman–Crippen LogP) is 6.77. The normalized spacial score (nSPS) is 17.2. The van der Waals surface area contributed by atoms with Crippen LogP contribution in [0, 0.1) is 18.8 Å². The van der Waals surface area contributed by atoms with Crippen LogP contribution in [0.4, 0.5) is 43.8 Å². The molecule has 0 amide bonds. The van der Waals surface area contributed by atoms with Gasteiger partial charge in [0, 0.05) is 57.3 Å². The van der Waals surface area contributed by atoms with Gasteiger partial charge in [-0.15, -0.1) is 0 Å². The minimum atomic E-state index is -4.97. The summed E-state index contributed by atoms with van der Waals surface area (Å²) in [6.07, 6.45) is -2.13. The van der Waals surface area contributed by atoms with E-state index in [0.29, 0.717) is 43.8 Å². The third-order valence-corrected chi connectivity index (χ3v) is 9.37. The average Bonchev–Trinajstić information content (AvgIpc) is 4.01. The molecule has 9 nitrogen and oxygen atoms in total. The molecule has 2 saturated carbocycles. The summed E-state index contributed by atoms with van der Waals surface area (Å²) in [5.74, 6) is 2.02. The van der Waals surface area contributed by atoms with Crippen molar-refractivity contribution in [1.29, 1.82) is 0 Å². The molecule has 1 saturated heterocycles. The monoisotopic (exact) mass is 688 g/mol. The van der Waals surface area contributed by atoms with Crippen LogP contribution in [0.15, 0.2) is 36.7 Å². The first-order chi connectivity index (χ1) is 23.3. The zero-order valence-corrected chi connectivity index (χ0v) is 27.4. The third-order valence-electron chi connectivity index (χ3n) is 9.37. The highest BCUT2D eigenvalue weighted by Gasteiger charge is 2.37. The molecule has 7 rings (SSSR count). The van der Waals surface area contributed by atoms with Gasteiger partial charge in [0.1, 0.15) is 5.82 Å². The molecule has 3 fully saturated rings.